The lowest BCUT2D eigenvalue weighted by Gasteiger charge is -2.30. The predicted octanol–water partition coefficient (Wildman–Crippen LogP) is 6.34. The quantitative estimate of drug-likeness (QED) is 0.120. The summed E-state index contributed by atoms with van der Waals surface area (Å²) in [5, 5.41) is 11.1. The number of ketones is 1. The van der Waals surface area contributed by atoms with Crippen LogP contribution in [0.15, 0.2) is 76.5 Å². The lowest BCUT2D eigenvalue weighted by molar-refractivity contribution is -0.870. The van der Waals surface area contributed by atoms with Gasteiger partial charge in [-0.1, -0.05) is 12.1 Å². The topological polar surface area (TPSA) is 56.1 Å². The molecule has 0 amide bonds. The Labute approximate surface area is 323 Å². The summed E-state index contributed by atoms with van der Waals surface area (Å²) in [7, 11) is 27.0. The first kappa shape index (κ1) is 43.9. The van der Waals surface area contributed by atoms with Crippen molar-refractivity contribution >= 4 is 28.6 Å². The first-order chi connectivity index (χ1) is 24.5. The largest absolute Gasteiger partial charge is 0.507 e. The smallest absolute Gasteiger partial charge is 0.210 e. The van der Waals surface area contributed by atoms with Crippen molar-refractivity contribution in [1.82, 2.24) is 0 Å². The van der Waals surface area contributed by atoms with Crippen molar-refractivity contribution in [1.29, 1.82) is 0 Å². The first-order valence-electron chi connectivity index (χ1n) is 19.6. The Morgan fingerprint density at radius 1 is 0.566 bits per heavy atom. The third-order valence-electron chi connectivity index (χ3n) is 9.73. The highest BCUT2D eigenvalue weighted by molar-refractivity contribution is 6.51. The average molecular weight is 734 g/mol. The van der Waals surface area contributed by atoms with Crippen LogP contribution in [0.4, 0.5) is 17.1 Å². The summed E-state index contributed by atoms with van der Waals surface area (Å²) in [4.78, 5) is 23.1. The maximum absolute atomic E-state index is 13.3. The second kappa shape index (κ2) is 18.7. The standard InChI is InChI=1S/C44H74N7O2/c1-36-43(52)38(34-37-18-22-40(23-19-37)46(26-14-30-48(2,3)4)27-15-31-49(5,6)7)35-42(44(36)53)45-39-20-24-41(25-21-39)47(28-16-32-50(8,9)10)29-17-33-51(11,12)13/h18-25,35H,14-17,26-34H2,1-13H3/q+3/p+1. The Hall–Kier alpha value is -3.50. The SMILES string of the molecule is CC1=C(O)C(Cc2ccc(N(CCC[N+](C)(C)C)CCC[N+](C)(C)C)cc2)=CC(=Nc2ccc(N(CCC[N+](C)(C)C)CCC[N+](C)(C)C)cc2)C1=O. The maximum Gasteiger partial charge on any atom is 0.210 e. The summed E-state index contributed by atoms with van der Waals surface area (Å²) in [6, 6.07) is 17.0. The molecule has 2 aromatic carbocycles. The van der Waals surface area contributed by atoms with Gasteiger partial charge in [0.15, 0.2) is 0 Å². The van der Waals surface area contributed by atoms with E-state index in [1.807, 2.05) is 12.1 Å². The number of carbonyl (C=O) groups is 1. The van der Waals surface area contributed by atoms with Crippen molar-refractivity contribution in [2.45, 2.75) is 39.0 Å². The lowest BCUT2D eigenvalue weighted by Crippen LogP contribution is -2.39. The van der Waals surface area contributed by atoms with E-state index in [4.69, 9.17) is 4.99 Å². The average Bonchev–Trinajstić information content (AvgIpc) is 3.03. The van der Waals surface area contributed by atoms with Crippen LogP contribution in [0.25, 0.3) is 0 Å². The molecule has 0 fully saturated rings. The Morgan fingerprint density at radius 3 is 1.28 bits per heavy atom. The second-order valence-corrected chi connectivity index (χ2v) is 19.3. The summed E-state index contributed by atoms with van der Waals surface area (Å²) in [6.45, 7) is 10.2. The number of aliphatic hydroxyl groups is 1. The van der Waals surface area contributed by atoms with Gasteiger partial charge in [-0.3, -0.25) is 4.79 Å². The van der Waals surface area contributed by atoms with Gasteiger partial charge in [-0.05, 0) is 55.0 Å². The van der Waals surface area contributed by atoms with Crippen LogP contribution in [0.5, 0.6) is 0 Å². The van der Waals surface area contributed by atoms with E-state index in [9.17, 15) is 9.90 Å². The van der Waals surface area contributed by atoms with E-state index in [2.05, 4.69) is 131 Å². The number of quaternary nitrogens is 4. The highest BCUT2D eigenvalue weighted by atomic mass is 16.3. The zero-order valence-electron chi connectivity index (χ0n) is 35.9. The summed E-state index contributed by atoms with van der Waals surface area (Å²) in [6.07, 6.45) is 6.79. The van der Waals surface area contributed by atoms with Gasteiger partial charge in [-0.25, -0.2) is 4.99 Å². The Bertz CT molecular complexity index is 1520. The number of benzene rings is 2. The van der Waals surface area contributed by atoms with Gasteiger partial charge >= 0.3 is 0 Å². The summed E-state index contributed by atoms with van der Waals surface area (Å²) >= 11 is 0. The number of rotatable bonds is 21. The molecule has 0 heterocycles. The van der Waals surface area contributed by atoms with Gasteiger partial charge in [0.25, 0.3) is 0 Å². The highest BCUT2D eigenvalue weighted by Gasteiger charge is 2.25. The molecule has 0 bridgehead atoms. The number of allylic oxidation sites excluding steroid dienone is 3. The van der Waals surface area contributed by atoms with E-state index in [0.29, 0.717) is 23.3 Å². The van der Waals surface area contributed by atoms with E-state index >= 15 is 0 Å². The van der Waals surface area contributed by atoms with Crippen LogP contribution in [0, 0.1) is 0 Å². The molecule has 0 radical (unpaired) electrons. The maximum atomic E-state index is 13.3. The first-order valence-corrected chi connectivity index (χ1v) is 19.6. The van der Waals surface area contributed by atoms with Crippen LogP contribution < -0.4 is 9.80 Å². The van der Waals surface area contributed by atoms with Gasteiger partial charge in [0, 0.05) is 80.8 Å². The minimum absolute atomic E-state index is 0.0639. The molecule has 0 saturated carbocycles. The minimum Gasteiger partial charge on any atom is -0.507 e. The lowest BCUT2D eigenvalue weighted by atomic mass is 9.91. The Morgan fingerprint density at radius 2 is 0.925 bits per heavy atom. The van der Waals surface area contributed by atoms with E-state index in [1.54, 1.807) is 13.0 Å². The number of aliphatic hydroxyl groups excluding tert-OH is 1. The Kier molecular flexibility index (Phi) is 15.5. The molecule has 294 valence electrons. The molecule has 0 aromatic heterocycles. The van der Waals surface area contributed by atoms with Gasteiger partial charge in [0.1, 0.15) is 11.5 Å². The molecule has 1 aliphatic carbocycles. The molecule has 0 atom stereocenters. The van der Waals surface area contributed by atoms with Crippen molar-refractivity contribution in [2.24, 2.45) is 4.99 Å². The van der Waals surface area contributed by atoms with Crippen molar-refractivity contribution in [3.8, 4) is 0 Å². The van der Waals surface area contributed by atoms with Gasteiger partial charge in [-0.2, -0.15) is 0 Å². The summed E-state index contributed by atoms with van der Waals surface area (Å²) in [5.74, 6) is -0.166. The summed E-state index contributed by atoms with van der Waals surface area (Å²) in [5.41, 5.74) is 5.66. The van der Waals surface area contributed by atoms with Crippen LogP contribution in [-0.2, 0) is 11.2 Å². The molecule has 9 nitrogen and oxygen atoms in total. The zero-order chi connectivity index (χ0) is 39.6. The van der Waals surface area contributed by atoms with Crippen molar-refractivity contribution < 1.29 is 27.8 Å². The van der Waals surface area contributed by atoms with E-state index in [-0.39, 0.29) is 11.5 Å². The van der Waals surface area contributed by atoms with Crippen LogP contribution in [-0.4, -0.2) is 171 Å². The van der Waals surface area contributed by atoms with Gasteiger partial charge in [0.2, 0.25) is 5.78 Å². The third-order valence-corrected chi connectivity index (χ3v) is 9.73. The molecule has 9 heteroatoms. The number of anilines is 2. The molecule has 0 spiro atoms. The highest BCUT2D eigenvalue weighted by Crippen LogP contribution is 2.27. The molecule has 0 saturated heterocycles. The molecule has 2 aromatic rings. The van der Waals surface area contributed by atoms with Crippen molar-refractivity contribution in [2.75, 3.05) is 147 Å². The van der Waals surface area contributed by atoms with Gasteiger partial charge in [0.05, 0.1) is 116 Å². The molecule has 0 aliphatic heterocycles. The zero-order valence-corrected chi connectivity index (χ0v) is 35.9. The van der Waals surface area contributed by atoms with Crippen molar-refractivity contribution in [3.63, 3.8) is 0 Å². The van der Waals surface area contributed by atoms with Crippen molar-refractivity contribution in [3.05, 3.63) is 77.1 Å². The third kappa shape index (κ3) is 16.2. The summed E-state index contributed by atoms with van der Waals surface area (Å²) < 4.78 is 3.83. The van der Waals surface area contributed by atoms with E-state index < -0.39 is 0 Å². The van der Waals surface area contributed by atoms with E-state index in [1.165, 1.54) is 11.4 Å². The molecule has 3 rings (SSSR count). The van der Waals surface area contributed by atoms with E-state index in [0.717, 1.165) is 107 Å². The van der Waals surface area contributed by atoms with Crippen LogP contribution in [0.1, 0.15) is 38.2 Å². The monoisotopic (exact) mass is 734 g/mol. The molecular weight excluding hydrogens is 659 g/mol. The Balaban J connectivity index is 1.78. The normalized spacial score (nSPS) is 15.3. The fourth-order valence-electron chi connectivity index (χ4n) is 6.66. The number of Topliss-reactive ketones (excluding diaryl/α,β-unsaturated/α-hetero) is 1. The van der Waals surface area contributed by atoms with Crippen LogP contribution in [0.2, 0.25) is 0 Å². The number of hydrogen-bond donors (Lipinski definition) is 1. The molecular formula is C44H75N7O2+4. The van der Waals surface area contributed by atoms with Crippen LogP contribution in [0.3, 0.4) is 0 Å². The molecule has 1 N–H and O–H groups in total. The molecule has 1 aliphatic rings. The molecule has 53 heavy (non-hydrogen) atoms. The number of carbonyl (C=O) groups excluding carboxylic acids is 1. The fourth-order valence-corrected chi connectivity index (χ4v) is 6.66. The minimum atomic E-state index is -0.230. The molecule has 0 unspecified atom stereocenters. The predicted molar refractivity (Wildman–Crippen MR) is 227 cm³/mol. The number of nitrogens with zero attached hydrogens (tertiary/aromatic N) is 7. The van der Waals surface area contributed by atoms with Gasteiger partial charge < -0.3 is 32.8 Å². The second-order valence-electron chi connectivity index (χ2n) is 19.3. The van der Waals surface area contributed by atoms with Crippen LogP contribution >= 0.6 is 0 Å². The van der Waals surface area contributed by atoms with Gasteiger partial charge in [-0.15, -0.1) is 0 Å². The fraction of sp³-hybridized carbons (Fsp3) is 0.591. The number of hydrogen-bond acceptors (Lipinski definition) is 5. The number of aliphatic imine (C=N–C) groups is 1.